The van der Waals surface area contributed by atoms with Crippen LogP contribution in [0, 0.1) is 5.41 Å². The molecule has 1 aliphatic carbocycles. The van der Waals surface area contributed by atoms with Gasteiger partial charge in [0.15, 0.2) is 11.6 Å². The van der Waals surface area contributed by atoms with Crippen molar-refractivity contribution in [1.29, 1.82) is 0 Å². The number of carbonyl (C=O) groups is 1. The van der Waals surface area contributed by atoms with Gasteiger partial charge in [0.25, 0.3) is 0 Å². The number of ether oxygens (including phenoxy) is 2. The number of hydrogen-bond donors (Lipinski definition) is 0. The fourth-order valence-electron chi connectivity index (χ4n) is 2.52. The first-order chi connectivity index (χ1) is 7.43. The van der Waals surface area contributed by atoms with Crippen LogP contribution in [0.25, 0.3) is 0 Å². The highest BCUT2D eigenvalue weighted by molar-refractivity contribution is 5.88. The van der Waals surface area contributed by atoms with Gasteiger partial charge in [-0.25, -0.2) is 0 Å². The Morgan fingerprint density at radius 1 is 1.19 bits per heavy atom. The summed E-state index contributed by atoms with van der Waals surface area (Å²) in [4.78, 5) is 12.1. The van der Waals surface area contributed by atoms with E-state index in [1.54, 1.807) is 0 Å². The van der Waals surface area contributed by atoms with Gasteiger partial charge in [-0.15, -0.1) is 0 Å². The summed E-state index contributed by atoms with van der Waals surface area (Å²) in [5, 5.41) is 0. The summed E-state index contributed by atoms with van der Waals surface area (Å²) >= 11 is 0. The van der Waals surface area contributed by atoms with Crippen molar-refractivity contribution in [2.45, 2.75) is 64.8 Å². The van der Waals surface area contributed by atoms with Gasteiger partial charge >= 0.3 is 0 Å². The van der Waals surface area contributed by atoms with Crippen molar-refractivity contribution in [2.24, 2.45) is 5.41 Å². The van der Waals surface area contributed by atoms with Crippen LogP contribution in [0.1, 0.15) is 52.9 Å². The van der Waals surface area contributed by atoms with E-state index in [4.69, 9.17) is 9.47 Å². The van der Waals surface area contributed by atoms with E-state index in [2.05, 4.69) is 0 Å². The molecule has 0 bridgehead atoms. The predicted octanol–water partition coefficient (Wildman–Crippen LogP) is 2.68. The zero-order valence-corrected chi connectivity index (χ0v) is 10.5. The summed E-state index contributed by atoms with van der Waals surface area (Å²) < 4.78 is 11.7. The van der Waals surface area contributed by atoms with Crippen LogP contribution in [0.5, 0.6) is 0 Å². The average molecular weight is 226 g/mol. The van der Waals surface area contributed by atoms with Crippen LogP contribution in [0.3, 0.4) is 0 Å². The van der Waals surface area contributed by atoms with Crippen molar-refractivity contribution >= 4 is 5.78 Å². The molecule has 2 fully saturated rings. The molecule has 1 atom stereocenters. The summed E-state index contributed by atoms with van der Waals surface area (Å²) in [6.07, 6.45) is 5.10. The first-order valence-corrected chi connectivity index (χ1v) is 6.29. The van der Waals surface area contributed by atoms with Gasteiger partial charge in [-0.3, -0.25) is 4.79 Å². The zero-order chi connectivity index (χ0) is 11.8. The summed E-state index contributed by atoms with van der Waals surface area (Å²) in [5.41, 5.74) is -0.339. The van der Waals surface area contributed by atoms with E-state index in [1.165, 1.54) is 6.42 Å². The Morgan fingerprint density at radius 2 is 1.81 bits per heavy atom. The Morgan fingerprint density at radius 3 is 2.38 bits per heavy atom. The van der Waals surface area contributed by atoms with Crippen molar-refractivity contribution in [1.82, 2.24) is 0 Å². The van der Waals surface area contributed by atoms with Gasteiger partial charge in [-0.05, 0) is 12.8 Å². The first kappa shape index (κ1) is 12.1. The quantitative estimate of drug-likeness (QED) is 0.689. The molecule has 0 aromatic carbocycles. The van der Waals surface area contributed by atoms with Gasteiger partial charge in [0.1, 0.15) is 6.10 Å². The number of hydrogen-bond acceptors (Lipinski definition) is 3. The molecule has 0 amide bonds. The Bertz CT molecular complexity index is 271. The van der Waals surface area contributed by atoms with Gasteiger partial charge in [0.2, 0.25) is 0 Å². The molecule has 2 aliphatic rings. The van der Waals surface area contributed by atoms with Crippen molar-refractivity contribution in [3.8, 4) is 0 Å². The normalized spacial score (nSPS) is 29.6. The summed E-state index contributed by atoms with van der Waals surface area (Å²) in [7, 11) is 0. The maximum absolute atomic E-state index is 12.1. The Hall–Kier alpha value is -0.410. The van der Waals surface area contributed by atoms with Crippen LogP contribution in [-0.2, 0) is 14.3 Å². The van der Waals surface area contributed by atoms with E-state index < -0.39 is 5.79 Å². The van der Waals surface area contributed by atoms with Crippen LogP contribution in [0.4, 0.5) is 0 Å². The number of rotatable bonds is 1. The highest BCUT2D eigenvalue weighted by Gasteiger charge is 2.46. The van der Waals surface area contributed by atoms with E-state index in [-0.39, 0.29) is 17.3 Å². The molecule has 1 aliphatic heterocycles. The van der Waals surface area contributed by atoms with E-state index in [0.29, 0.717) is 6.61 Å². The Balaban J connectivity index is 1.99. The maximum atomic E-state index is 12.1. The molecule has 1 saturated heterocycles. The van der Waals surface area contributed by atoms with Crippen LogP contribution < -0.4 is 0 Å². The van der Waals surface area contributed by atoms with Gasteiger partial charge in [-0.2, -0.15) is 0 Å². The number of ketones is 1. The lowest BCUT2D eigenvalue weighted by Crippen LogP contribution is -2.38. The number of carbonyl (C=O) groups excluding carboxylic acids is 1. The highest BCUT2D eigenvalue weighted by Crippen LogP contribution is 2.39. The van der Waals surface area contributed by atoms with Gasteiger partial charge in [-0.1, -0.05) is 27.2 Å². The van der Waals surface area contributed by atoms with E-state index >= 15 is 0 Å². The molecule has 1 unspecified atom stereocenters. The fourth-order valence-corrected chi connectivity index (χ4v) is 2.52. The first-order valence-electron chi connectivity index (χ1n) is 6.29. The summed E-state index contributed by atoms with van der Waals surface area (Å²) in [6.45, 7) is 6.25. The third-order valence-corrected chi connectivity index (χ3v) is 3.50. The smallest absolute Gasteiger partial charge is 0.169 e. The molecule has 0 aromatic heterocycles. The lowest BCUT2D eigenvalue weighted by Gasteiger charge is -2.32. The molecule has 16 heavy (non-hydrogen) atoms. The lowest BCUT2D eigenvalue weighted by molar-refractivity contribution is -0.190. The minimum absolute atomic E-state index is 0.162. The van der Waals surface area contributed by atoms with E-state index in [9.17, 15) is 4.79 Å². The molecule has 0 N–H and O–H groups in total. The van der Waals surface area contributed by atoms with Gasteiger partial charge in [0, 0.05) is 18.3 Å². The molecule has 0 aromatic rings. The Labute approximate surface area is 97.5 Å². The minimum Gasteiger partial charge on any atom is -0.347 e. The third-order valence-electron chi connectivity index (χ3n) is 3.50. The molecule has 3 heteroatoms. The van der Waals surface area contributed by atoms with Crippen molar-refractivity contribution < 1.29 is 14.3 Å². The van der Waals surface area contributed by atoms with Crippen molar-refractivity contribution in [2.75, 3.05) is 6.61 Å². The van der Waals surface area contributed by atoms with Crippen LogP contribution >= 0.6 is 0 Å². The lowest BCUT2D eigenvalue weighted by atomic mass is 9.88. The van der Waals surface area contributed by atoms with Gasteiger partial charge < -0.3 is 9.47 Å². The van der Waals surface area contributed by atoms with Crippen molar-refractivity contribution in [3.63, 3.8) is 0 Å². The standard InChI is InChI=1S/C13H22O3/c1-12(2,3)11(14)10-9-15-13(16-10)7-5-4-6-8-13/h10H,4-9H2,1-3H3. The van der Waals surface area contributed by atoms with Crippen LogP contribution in [0.2, 0.25) is 0 Å². The monoisotopic (exact) mass is 226 g/mol. The maximum Gasteiger partial charge on any atom is 0.169 e. The minimum atomic E-state index is -0.427. The zero-order valence-electron chi connectivity index (χ0n) is 10.5. The molecule has 92 valence electrons. The largest absolute Gasteiger partial charge is 0.347 e. The SMILES string of the molecule is CC(C)(C)C(=O)C1COC2(CCCCC2)O1. The van der Waals surface area contributed by atoms with Crippen LogP contribution in [0.15, 0.2) is 0 Å². The molecule has 1 spiro atoms. The van der Waals surface area contributed by atoms with E-state index in [0.717, 1.165) is 25.7 Å². The predicted molar refractivity (Wildman–Crippen MR) is 61.1 cm³/mol. The van der Waals surface area contributed by atoms with Crippen LogP contribution in [-0.4, -0.2) is 24.3 Å². The molecule has 1 saturated carbocycles. The van der Waals surface area contributed by atoms with Gasteiger partial charge in [0.05, 0.1) is 6.61 Å². The Kier molecular flexibility index (Phi) is 3.10. The molecule has 3 nitrogen and oxygen atoms in total. The highest BCUT2D eigenvalue weighted by atomic mass is 16.7. The molecule has 1 heterocycles. The van der Waals surface area contributed by atoms with Crippen molar-refractivity contribution in [3.05, 3.63) is 0 Å². The second kappa shape index (κ2) is 4.11. The molecular weight excluding hydrogens is 204 g/mol. The summed E-state index contributed by atoms with van der Waals surface area (Å²) in [5.74, 6) is -0.265. The molecular formula is C13H22O3. The third kappa shape index (κ3) is 2.30. The topological polar surface area (TPSA) is 35.5 Å². The molecule has 2 rings (SSSR count). The summed E-state index contributed by atoms with van der Waals surface area (Å²) in [6, 6.07) is 0. The number of Topliss-reactive ketones (excluding diaryl/α,β-unsaturated/α-hetero) is 1. The second-order valence-corrected chi connectivity index (χ2v) is 6.00. The average Bonchev–Trinajstić information content (AvgIpc) is 2.61. The fraction of sp³-hybridized carbons (Fsp3) is 0.923. The van der Waals surface area contributed by atoms with E-state index in [1.807, 2.05) is 20.8 Å². The second-order valence-electron chi connectivity index (χ2n) is 6.00. The molecule has 0 radical (unpaired) electrons.